The van der Waals surface area contributed by atoms with Gasteiger partial charge in [-0.3, -0.25) is 9.13 Å². The molecule has 436 valence electrons. The molecule has 20 rings (SSSR count). The average Bonchev–Trinajstić information content (AvgIpc) is 1.51. The summed E-state index contributed by atoms with van der Waals surface area (Å²) >= 11 is 2.89. The van der Waals surface area contributed by atoms with Crippen molar-refractivity contribution in [1.82, 2.24) is 37.8 Å². The average molecular weight is 1230 g/mol. The summed E-state index contributed by atoms with van der Waals surface area (Å²) in [6.07, 6.45) is 1.89. The molecule has 0 aliphatic rings. The third-order valence-corrected chi connectivity index (χ3v) is 20.6. The van der Waals surface area contributed by atoms with Crippen LogP contribution in [0.1, 0.15) is 0 Å². The Bertz CT molecular complexity index is 6470. The standard InChI is InChI=1S/C84H48N8S2/c1-2-18-51-44-56(34-33-49(51)16-1)76-65-26-9-11-28-67(65)77(68-29-12-10-27-66(68)76)80-88-83(93-90-80)58-37-40-63-69-30-15-43-85-81(69)91(75(63)48-58)73-32-14-22-52-46-55(35-38-60(52)73)71-42-41-70-64-39-36-57(47-74(64)92(82(70)86-71)72-31-13-21-50-17-3-6-23-59(50)72)79-87-84(94-89-79)78-61-24-7-4-19-53(61)45-54-20-5-8-25-62(54)78/h1-48H. The first-order valence-corrected chi connectivity index (χ1v) is 33.0. The van der Waals surface area contributed by atoms with Gasteiger partial charge < -0.3 is 0 Å². The number of nitrogens with zero attached hydrogens (tertiary/aromatic N) is 8. The number of hydrogen-bond acceptors (Lipinski definition) is 8. The lowest BCUT2D eigenvalue weighted by molar-refractivity contribution is 1.15. The molecule has 0 N–H and O–H groups in total. The topological polar surface area (TPSA) is 87.2 Å². The molecule has 10 heteroatoms. The highest BCUT2D eigenvalue weighted by Gasteiger charge is 2.24. The molecule has 14 aromatic carbocycles. The van der Waals surface area contributed by atoms with Crippen LogP contribution in [0.2, 0.25) is 0 Å². The highest BCUT2D eigenvalue weighted by molar-refractivity contribution is 7.09. The Kier molecular flexibility index (Phi) is 11.6. The summed E-state index contributed by atoms with van der Waals surface area (Å²) in [5, 5.41) is 22.3. The van der Waals surface area contributed by atoms with Gasteiger partial charge in [0.15, 0.2) is 11.6 Å². The lowest BCUT2D eigenvalue weighted by Gasteiger charge is -2.16. The maximum absolute atomic E-state index is 5.65. The van der Waals surface area contributed by atoms with Crippen LogP contribution >= 0.6 is 23.1 Å². The summed E-state index contributed by atoms with van der Waals surface area (Å²) < 4.78 is 14.9. The van der Waals surface area contributed by atoms with Crippen LogP contribution in [0.5, 0.6) is 0 Å². The van der Waals surface area contributed by atoms with Crippen LogP contribution < -0.4 is 0 Å². The van der Waals surface area contributed by atoms with Gasteiger partial charge >= 0.3 is 0 Å². The Hall–Kier alpha value is -12.1. The first-order chi connectivity index (χ1) is 46.6. The number of fused-ring (bicyclic) bond motifs is 13. The van der Waals surface area contributed by atoms with E-state index in [1.165, 1.54) is 77.3 Å². The fourth-order valence-electron chi connectivity index (χ4n) is 14.8. The lowest BCUT2D eigenvalue weighted by Crippen LogP contribution is -1.98. The van der Waals surface area contributed by atoms with Crippen molar-refractivity contribution >= 4 is 142 Å². The van der Waals surface area contributed by atoms with Crippen molar-refractivity contribution in [3.63, 3.8) is 0 Å². The molecule has 6 heterocycles. The van der Waals surface area contributed by atoms with E-state index in [-0.39, 0.29) is 0 Å². The minimum absolute atomic E-state index is 0.694. The maximum Gasteiger partial charge on any atom is 0.174 e. The van der Waals surface area contributed by atoms with E-state index in [2.05, 4.69) is 288 Å². The van der Waals surface area contributed by atoms with Gasteiger partial charge in [0, 0.05) is 66.3 Å². The van der Waals surface area contributed by atoms with Gasteiger partial charge in [0.2, 0.25) is 0 Å². The van der Waals surface area contributed by atoms with E-state index in [1.807, 2.05) is 12.3 Å². The van der Waals surface area contributed by atoms with Crippen LogP contribution in [0.25, 0.3) is 197 Å². The fourth-order valence-corrected chi connectivity index (χ4v) is 16.3. The molecule has 8 nitrogen and oxygen atoms in total. The maximum atomic E-state index is 5.65. The fraction of sp³-hybridized carbons (Fsp3) is 0. The molecule has 0 aliphatic heterocycles. The summed E-state index contributed by atoms with van der Waals surface area (Å²) in [4.78, 5) is 21.5. The number of benzene rings is 14. The van der Waals surface area contributed by atoms with E-state index in [1.54, 1.807) is 0 Å². The number of aromatic nitrogens is 8. The molecule has 0 radical (unpaired) electrons. The van der Waals surface area contributed by atoms with Crippen molar-refractivity contribution in [2.24, 2.45) is 0 Å². The van der Waals surface area contributed by atoms with Crippen molar-refractivity contribution in [1.29, 1.82) is 0 Å². The van der Waals surface area contributed by atoms with E-state index in [9.17, 15) is 0 Å². The molecular weight excluding hydrogens is 1190 g/mol. The normalized spacial score (nSPS) is 12.0. The first-order valence-electron chi connectivity index (χ1n) is 31.5. The Morgan fingerprint density at radius 2 is 0.734 bits per heavy atom. The van der Waals surface area contributed by atoms with Crippen LogP contribution in [0.15, 0.2) is 291 Å². The van der Waals surface area contributed by atoms with Crippen LogP contribution in [-0.2, 0) is 0 Å². The Balaban J connectivity index is 0.695. The summed E-state index contributed by atoms with van der Waals surface area (Å²) in [7, 11) is 0. The molecule has 0 saturated carbocycles. The van der Waals surface area contributed by atoms with Gasteiger partial charge in [-0.15, -0.1) is 0 Å². The predicted octanol–water partition coefficient (Wildman–Crippen LogP) is 22.4. The zero-order chi connectivity index (χ0) is 61.5. The van der Waals surface area contributed by atoms with E-state index < -0.39 is 0 Å². The minimum atomic E-state index is 0.694. The van der Waals surface area contributed by atoms with Gasteiger partial charge in [0.1, 0.15) is 21.3 Å². The molecule has 0 unspecified atom stereocenters. The van der Waals surface area contributed by atoms with Gasteiger partial charge in [0.25, 0.3) is 0 Å². The van der Waals surface area contributed by atoms with Crippen molar-refractivity contribution in [2.45, 2.75) is 0 Å². The highest BCUT2D eigenvalue weighted by Crippen LogP contribution is 2.46. The number of pyridine rings is 2. The highest BCUT2D eigenvalue weighted by atomic mass is 32.1. The summed E-state index contributed by atoms with van der Waals surface area (Å²) in [6.45, 7) is 0. The van der Waals surface area contributed by atoms with Crippen LogP contribution in [0.4, 0.5) is 0 Å². The van der Waals surface area contributed by atoms with E-state index in [0.29, 0.717) is 11.6 Å². The van der Waals surface area contributed by atoms with Gasteiger partial charge in [-0.1, -0.05) is 218 Å². The molecule has 6 aromatic heterocycles. The predicted molar refractivity (Wildman–Crippen MR) is 393 cm³/mol. The summed E-state index contributed by atoms with van der Waals surface area (Å²) in [5.41, 5.74) is 14.3. The monoisotopic (exact) mass is 1230 g/mol. The van der Waals surface area contributed by atoms with Crippen molar-refractivity contribution in [3.05, 3.63) is 291 Å². The van der Waals surface area contributed by atoms with Crippen LogP contribution in [-0.4, -0.2) is 37.8 Å². The molecule has 0 spiro atoms. The smallest absolute Gasteiger partial charge is 0.174 e. The summed E-state index contributed by atoms with van der Waals surface area (Å²) in [5.74, 6) is 1.41. The van der Waals surface area contributed by atoms with E-state index >= 15 is 0 Å². The molecule has 94 heavy (non-hydrogen) atoms. The van der Waals surface area contributed by atoms with Gasteiger partial charge in [0.05, 0.1) is 28.1 Å². The van der Waals surface area contributed by atoms with Crippen molar-refractivity contribution in [3.8, 4) is 77.7 Å². The molecule has 0 saturated heterocycles. The van der Waals surface area contributed by atoms with Crippen LogP contribution in [0, 0.1) is 0 Å². The zero-order valence-electron chi connectivity index (χ0n) is 50.1. The van der Waals surface area contributed by atoms with Crippen LogP contribution in [0.3, 0.4) is 0 Å². The Morgan fingerprint density at radius 3 is 1.47 bits per heavy atom. The molecule has 0 amide bonds. The number of rotatable bonds is 8. The lowest BCUT2D eigenvalue weighted by atomic mass is 9.87. The minimum Gasteiger partial charge on any atom is -0.293 e. The molecule has 0 aliphatic carbocycles. The van der Waals surface area contributed by atoms with E-state index in [0.717, 1.165) is 131 Å². The molecule has 0 atom stereocenters. The van der Waals surface area contributed by atoms with E-state index in [4.69, 9.17) is 28.7 Å². The third-order valence-electron chi connectivity index (χ3n) is 19.1. The number of hydrogen-bond donors (Lipinski definition) is 0. The van der Waals surface area contributed by atoms with Gasteiger partial charge in [-0.2, -0.15) is 8.75 Å². The molecule has 0 bridgehead atoms. The van der Waals surface area contributed by atoms with Crippen molar-refractivity contribution < 1.29 is 0 Å². The Labute approximate surface area is 545 Å². The van der Waals surface area contributed by atoms with Gasteiger partial charge in [-0.05, 0) is 166 Å². The second kappa shape index (κ2) is 20.7. The molecule has 0 fully saturated rings. The largest absolute Gasteiger partial charge is 0.293 e. The zero-order valence-corrected chi connectivity index (χ0v) is 51.7. The third kappa shape index (κ3) is 8.10. The summed E-state index contributed by atoms with van der Waals surface area (Å²) in [6, 6.07) is 103. The Morgan fingerprint density at radius 1 is 0.255 bits per heavy atom. The second-order valence-corrected chi connectivity index (χ2v) is 25.7. The SMILES string of the molecule is c1ccc2cc(-c3c4ccccc4c(-c4nsc(-c5ccc6c7cccnc7n(-c7cccc8cc(-c9ccc%10c%11ccc(-c%12nsc(-c%13c%14ccccc%14cc%14ccccc%13%14)n%12)cc%11n(-c%11cccc%12ccccc%11%12)c%10n9)ccc78)c6c5)n4)c4ccccc34)ccc2c1. The first kappa shape index (κ1) is 52.7. The molecule has 20 aromatic rings. The van der Waals surface area contributed by atoms with Gasteiger partial charge in [-0.25, -0.2) is 19.9 Å². The van der Waals surface area contributed by atoms with Crippen molar-refractivity contribution in [2.75, 3.05) is 0 Å². The molecular formula is C84H48N8S2. The quantitative estimate of drug-likeness (QED) is 0.141. The second-order valence-electron chi connectivity index (χ2n) is 24.2.